The zero-order valence-electron chi connectivity index (χ0n) is 5.97. The predicted octanol–water partition coefficient (Wildman–Crippen LogP) is 2.25. The van der Waals surface area contributed by atoms with Crippen molar-refractivity contribution < 1.29 is 15.0 Å². The van der Waals surface area contributed by atoms with Crippen LogP contribution in [0.3, 0.4) is 0 Å². The van der Waals surface area contributed by atoms with Gasteiger partial charge in [0.05, 0.1) is 0 Å². The van der Waals surface area contributed by atoms with Crippen molar-refractivity contribution in [3.63, 3.8) is 0 Å². The molecule has 1 fully saturated rings. The van der Waals surface area contributed by atoms with Gasteiger partial charge in [0.1, 0.15) is 0 Å². The Kier molecular flexibility index (Phi) is 2.96. The van der Waals surface area contributed by atoms with E-state index in [1.807, 2.05) is 0 Å². The monoisotopic (exact) mass is 166 g/mol. The summed E-state index contributed by atoms with van der Waals surface area (Å²) in [7, 11) is 0. The molecule has 3 nitrogen and oxygen atoms in total. The van der Waals surface area contributed by atoms with Crippen LogP contribution in [0.5, 0.6) is 0 Å². The maximum Gasteiger partial charge on any atom is 0.503 e. The van der Waals surface area contributed by atoms with E-state index in [9.17, 15) is 0 Å². The van der Waals surface area contributed by atoms with Crippen LogP contribution >= 0.6 is 11.6 Å². The fourth-order valence-corrected chi connectivity index (χ4v) is 0.801. The van der Waals surface area contributed by atoms with Crippen molar-refractivity contribution in [2.24, 2.45) is 5.41 Å². The Hall–Kier alpha value is -0.440. The average Bonchev–Trinajstić information content (AvgIpc) is 2.08. The van der Waals surface area contributed by atoms with Gasteiger partial charge in [-0.3, -0.25) is 0 Å². The molecule has 1 unspecified atom stereocenters. The van der Waals surface area contributed by atoms with Crippen molar-refractivity contribution in [3.8, 4) is 0 Å². The largest absolute Gasteiger partial charge is 0.503 e. The molecule has 1 aliphatic carbocycles. The van der Waals surface area contributed by atoms with Crippen molar-refractivity contribution in [1.82, 2.24) is 0 Å². The normalized spacial score (nSPS) is 26.1. The van der Waals surface area contributed by atoms with Crippen LogP contribution in [0.15, 0.2) is 0 Å². The van der Waals surface area contributed by atoms with Gasteiger partial charge in [0, 0.05) is 5.38 Å². The van der Waals surface area contributed by atoms with E-state index in [4.69, 9.17) is 26.6 Å². The molecule has 1 aliphatic rings. The van der Waals surface area contributed by atoms with Crippen molar-refractivity contribution in [3.05, 3.63) is 0 Å². The molecule has 1 rings (SSSR count). The third-order valence-electron chi connectivity index (χ3n) is 1.39. The molecular weight excluding hydrogens is 156 g/mol. The van der Waals surface area contributed by atoms with Crippen LogP contribution in [0.25, 0.3) is 0 Å². The second-order valence-electron chi connectivity index (χ2n) is 2.94. The van der Waals surface area contributed by atoms with Gasteiger partial charge in [-0.15, -0.1) is 11.6 Å². The van der Waals surface area contributed by atoms with E-state index in [0.717, 1.165) is 0 Å². The topological polar surface area (TPSA) is 57.5 Å². The van der Waals surface area contributed by atoms with Crippen LogP contribution in [-0.4, -0.2) is 21.7 Å². The van der Waals surface area contributed by atoms with Crippen LogP contribution in [0, 0.1) is 5.41 Å². The third kappa shape index (κ3) is 4.44. The van der Waals surface area contributed by atoms with Crippen LogP contribution in [0.4, 0.5) is 4.79 Å². The maximum absolute atomic E-state index is 8.56. The highest BCUT2D eigenvalue weighted by Gasteiger charge is 2.43. The number of carboxylic acid groups (broad SMARTS) is 2. The SMILES string of the molecule is CC1(C)CC1Cl.O=C(O)O. The lowest BCUT2D eigenvalue weighted by molar-refractivity contribution is 0.137. The number of hydrogen-bond acceptors (Lipinski definition) is 1. The lowest BCUT2D eigenvalue weighted by atomic mass is 10.2. The Morgan fingerprint density at radius 3 is 1.70 bits per heavy atom. The number of halogens is 1. The fourth-order valence-electron chi connectivity index (χ4n) is 0.403. The summed E-state index contributed by atoms with van der Waals surface area (Å²) in [6.45, 7) is 4.37. The summed E-state index contributed by atoms with van der Waals surface area (Å²) in [5.41, 5.74) is 0.474. The summed E-state index contributed by atoms with van der Waals surface area (Å²) in [6.07, 6.45) is -0.630. The van der Waals surface area contributed by atoms with Crippen molar-refractivity contribution in [1.29, 1.82) is 0 Å². The summed E-state index contributed by atoms with van der Waals surface area (Å²) in [4.78, 5) is 8.56. The second kappa shape index (κ2) is 3.10. The Labute approximate surface area is 64.6 Å². The smallest absolute Gasteiger partial charge is 0.450 e. The van der Waals surface area contributed by atoms with Crippen LogP contribution in [0.1, 0.15) is 20.3 Å². The fraction of sp³-hybridized carbons (Fsp3) is 0.833. The van der Waals surface area contributed by atoms with E-state index >= 15 is 0 Å². The minimum absolute atomic E-state index is 0.470. The van der Waals surface area contributed by atoms with Crippen LogP contribution in [0.2, 0.25) is 0 Å². The summed E-state index contributed by atoms with van der Waals surface area (Å²) in [5.74, 6) is 0. The van der Waals surface area contributed by atoms with Crippen molar-refractivity contribution >= 4 is 17.8 Å². The minimum atomic E-state index is -1.83. The molecule has 0 amide bonds. The lowest BCUT2D eigenvalue weighted by Gasteiger charge is -1.90. The number of alkyl halides is 1. The van der Waals surface area contributed by atoms with Crippen molar-refractivity contribution in [2.75, 3.05) is 0 Å². The lowest BCUT2D eigenvalue weighted by Crippen LogP contribution is -1.84. The molecule has 0 radical (unpaired) electrons. The average molecular weight is 167 g/mol. The quantitative estimate of drug-likeness (QED) is 0.543. The molecular formula is C6H11ClO3. The van der Waals surface area contributed by atoms with Gasteiger partial charge in [-0.2, -0.15) is 0 Å². The second-order valence-corrected chi connectivity index (χ2v) is 3.47. The minimum Gasteiger partial charge on any atom is -0.450 e. The molecule has 0 heterocycles. The highest BCUT2D eigenvalue weighted by atomic mass is 35.5. The highest BCUT2D eigenvalue weighted by molar-refractivity contribution is 6.23. The highest BCUT2D eigenvalue weighted by Crippen LogP contribution is 2.48. The van der Waals surface area contributed by atoms with E-state index in [0.29, 0.717) is 10.8 Å². The molecule has 0 aliphatic heterocycles. The van der Waals surface area contributed by atoms with Crippen LogP contribution < -0.4 is 0 Å². The van der Waals surface area contributed by atoms with E-state index in [1.165, 1.54) is 6.42 Å². The number of carbonyl (C=O) groups is 1. The van der Waals surface area contributed by atoms with E-state index < -0.39 is 6.16 Å². The maximum atomic E-state index is 8.56. The van der Waals surface area contributed by atoms with E-state index in [-0.39, 0.29) is 0 Å². The van der Waals surface area contributed by atoms with Gasteiger partial charge in [0.25, 0.3) is 0 Å². The number of hydrogen-bond donors (Lipinski definition) is 2. The van der Waals surface area contributed by atoms with Gasteiger partial charge >= 0.3 is 6.16 Å². The first kappa shape index (κ1) is 9.56. The molecule has 60 valence electrons. The summed E-state index contributed by atoms with van der Waals surface area (Å²) in [5, 5.41) is 14.4. The van der Waals surface area contributed by atoms with Crippen LogP contribution in [-0.2, 0) is 0 Å². The molecule has 0 aromatic rings. The molecule has 0 aromatic carbocycles. The first-order chi connectivity index (χ1) is 4.36. The van der Waals surface area contributed by atoms with E-state index in [2.05, 4.69) is 13.8 Å². The molecule has 4 heteroatoms. The molecule has 1 atom stereocenters. The standard InChI is InChI=1S/C5H9Cl.CH2O3/c1-5(2)3-4(5)6;2-1(3)4/h4H,3H2,1-2H3;(H2,2,3,4). The Morgan fingerprint density at radius 1 is 1.60 bits per heavy atom. The van der Waals surface area contributed by atoms with Gasteiger partial charge in [-0.1, -0.05) is 13.8 Å². The van der Waals surface area contributed by atoms with E-state index in [1.54, 1.807) is 0 Å². The van der Waals surface area contributed by atoms with Gasteiger partial charge < -0.3 is 10.2 Å². The number of rotatable bonds is 0. The summed E-state index contributed by atoms with van der Waals surface area (Å²) >= 11 is 5.68. The molecule has 10 heavy (non-hydrogen) atoms. The van der Waals surface area contributed by atoms with Crippen molar-refractivity contribution in [2.45, 2.75) is 25.6 Å². The predicted molar refractivity (Wildman–Crippen MR) is 38.7 cm³/mol. The molecule has 1 saturated carbocycles. The van der Waals surface area contributed by atoms with Gasteiger partial charge in [-0.25, -0.2) is 4.79 Å². The van der Waals surface area contributed by atoms with Gasteiger partial charge in [0.2, 0.25) is 0 Å². The Balaban J connectivity index is 0.000000180. The molecule has 2 N–H and O–H groups in total. The third-order valence-corrected chi connectivity index (χ3v) is 2.14. The molecule has 0 spiro atoms. The summed E-state index contributed by atoms with van der Waals surface area (Å²) in [6, 6.07) is 0. The zero-order valence-corrected chi connectivity index (χ0v) is 6.72. The first-order valence-electron chi connectivity index (χ1n) is 2.92. The van der Waals surface area contributed by atoms with Gasteiger partial charge in [-0.05, 0) is 11.8 Å². The molecule has 0 saturated heterocycles. The Bertz CT molecular complexity index is 129. The first-order valence-corrected chi connectivity index (χ1v) is 3.36. The Morgan fingerprint density at radius 2 is 1.70 bits per heavy atom. The molecule has 0 aromatic heterocycles. The molecule has 0 bridgehead atoms. The summed E-state index contributed by atoms with van der Waals surface area (Å²) < 4.78 is 0. The zero-order chi connectivity index (χ0) is 8.36. The van der Waals surface area contributed by atoms with Gasteiger partial charge in [0.15, 0.2) is 0 Å².